The van der Waals surface area contributed by atoms with Gasteiger partial charge in [0.2, 0.25) is 10.6 Å². The maximum atomic E-state index is 5.74. The average molecular weight is 504 g/mol. The molecule has 2 aromatic heterocycles. The van der Waals surface area contributed by atoms with Crippen LogP contribution in [0.1, 0.15) is 11.1 Å². The summed E-state index contributed by atoms with van der Waals surface area (Å²) in [6.45, 7) is 1.76. The summed E-state index contributed by atoms with van der Waals surface area (Å²) in [5.74, 6) is 0.823. The van der Waals surface area contributed by atoms with Crippen molar-refractivity contribution >= 4 is 40.6 Å². The van der Waals surface area contributed by atoms with Gasteiger partial charge in [-0.25, -0.2) is 19.9 Å². The van der Waals surface area contributed by atoms with E-state index in [1.54, 1.807) is 12.3 Å². The first-order chi connectivity index (χ1) is 16.0. The number of nitrogens with zero attached hydrogens (tertiary/aromatic N) is 5. The van der Waals surface area contributed by atoms with Crippen LogP contribution in [-0.2, 0) is 13.1 Å². The highest BCUT2D eigenvalue weighted by atomic mass is 35.5. The standard InChI is InChI=1S/C12H12ClN3.C8H11N.C4H2Cl2N2/c1-16(9-10-5-3-2-4-6-10)11-7-8-14-12(13)15-11;1-9-7-8-5-3-2-4-6-8;5-3-1-2-7-4(6)8-3/h2-8H,9H2,1H3;2-6,9H,7H2,1H3;1-2H. The summed E-state index contributed by atoms with van der Waals surface area (Å²) in [5, 5.41) is 3.90. The van der Waals surface area contributed by atoms with Gasteiger partial charge in [-0.3, -0.25) is 0 Å². The Morgan fingerprint density at radius 1 is 0.727 bits per heavy atom. The Morgan fingerprint density at radius 3 is 1.76 bits per heavy atom. The molecule has 4 rings (SSSR count). The molecule has 0 aliphatic heterocycles. The first kappa shape index (κ1) is 26.5. The average Bonchev–Trinajstić information content (AvgIpc) is 2.81. The summed E-state index contributed by atoms with van der Waals surface area (Å²) in [6.07, 6.45) is 3.16. The van der Waals surface area contributed by atoms with Gasteiger partial charge < -0.3 is 10.2 Å². The summed E-state index contributed by atoms with van der Waals surface area (Å²) >= 11 is 16.5. The van der Waals surface area contributed by atoms with Crippen LogP contribution in [-0.4, -0.2) is 34.0 Å². The Kier molecular flexibility index (Phi) is 12.1. The maximum Gasteiger partial charge on any atom is 0.224 e. The zero-order valence-corrected chi connectivity index (χ0v) is 20.6. The van der Waals surface area contributed by atoms with Gasteiger partial charge in [-0.2, -0.15) is 0 Å². The van der Waals surface area contributed by atoms with Gasteiger partial charge in [0.15, 0.2) is 0 Å². The molecular weight excluding hydrogens is 479 g/mol. The van der Waals surface area contributed by atoms with Crippen molar-refractivity contribution in [1.82, 2.24) is 25.3 Å². The molecule has 0 saturated heterocycles. The molecule has 6 nitrogen and oxygen atoms in total. The van der Waals surface area contributed by atoms with Crippen molar-refractivity contribution in [2.24, 2.45) is 0 Å². The van der Waals surface area contributed by atoms with Crippen molar-refractivity contribution in [2.45, 2.75) is 13.1 Å². The Bertz CT molecular complexity index is 1050. The van der Waals surface area contributed by atoms with Crippen LogP contribution in [0.2, 0.25) is 15.7 Å². The van der Waals surface area contributed by atoms with Crippen LogP contribution < -0.4 is 10.2 Å². The van der Waals surface area contributed by atoms with Crippen molar-refractivity contribution in [1.29, 1.82) is 0 Å². The lowest BCUT2D eigenvalue weighted by atomic mass is 10.2. The van der Waals surface area contributed by atoms with Crippen LogP contribution in [0.15, 0.2) is 85.2 Å². The first-order valence-electron chi connectivity index (χ1n) is 10.0. The molecule has 0 radical (unpaired) electrons. The zero-order chi connectivity index (χ0) is 23.9. The van der Waals surface area contributed by atoms with E-state index in [4.69, 9.17) is 34.8 Å². The number of halogens is 3. The van der Waals surface area contributed by atoms with E-state index in [2.05, 4.69) is 49.5 Å². The number of hydrogen-bond acceptors (Lipinski definition) is 6. The normalized spacial score (nSPS) is 9.73. The number of anilines is 1. The number of hydrogen-bond donors (Lipinski definition) is 1. The first-order valence-corrected chi connectivity index (χ1v) is 11.2. The summed E-state index contributed by atoms with van der Waals surface area (Å²) in [4.78, 5) is 17.2. The number of rotatable bonds is 5. The monoisotopic (exact) mass is 502 g/mol. The second kappa shape index (κ2) is 15.1. The topological polar surface area (TPSA) is 66.8 Å². The fourth-order valence-corrected chi connectivity index (χ4v) is 3.06. The molecule has 0 aliphatic rings. The van der Waals surface area contributed by atoms with E-state index in [9.17, 15) is 0 Å². The highest BCUT2D eigenvalue weighted by Crippen LogP contribution is 2.13. The fraction of sp³-hybridized carbons (Fsp3) is 0.167. The lowest BCUT2D eigenvalue weighted by Crippen LogP contribution is -2.17. The van der Waals surface area contributed by atoms with Gasteiger partial charge in [-0.15, -0.1) is 0 Å². The molecule has 2 aromatic carbocycles. The molecule has 9 heteroatoms. The van der Waals surface area contributed by atoms with Crippen molar-refractivity contribution in [3.63, 3.8) is 0 Å². The quantitative estimate of drug-likeness (QED) is 0.268. The Labute approximate surface area is 209 Å². The van der Waals surface area contributed by atoms with E-state index < -0.39 is 0 Å². The summed E-state index contributed by atoms with van der Waals surface area (Å²) < 4.78 is 0. The molecule has 33 heavy (non-hydrogen) atoms. The molecule has 0 atom stereocenters. The highest BCUT2D eigenvalue weighted by Gasteiger charge is 2.03. The number of benzene rings is 2. The van der Waals surface area contributed by atoms with Gasteiger partial charge in [0.05, 0.1) is 0 Å². The van der Waals surface area contributed by atoms with Gasteiger partial charge in [-0.05, 0) is 53.5 Å². The van der Waals surface area contributed by atoms with Crippen molar-refractivity contribution in [2.75, 3.05) is 19.0 Å². The van der Waals surface area contributed by atoms with Crippen LogP contribution in [0, 0.1) is 0 Å². The lowest BCUT2D eigenvalue weighted by Gasteiger charge is -2.17. The van der Waals surface area contributed by atoms with Gasteiger partial charge in [0.25, 0.3) is 0 Å². The SMILES string of the molecule is CN(Cc1ccccc1)c1ccnc(Cl)n1.CNCc1ccccc1.Clc1ccnc(Cl)n1. The molecule has 1 N–H and O–H groups in total. The summed E-state index contributed by atoms with van der Waals surface area (Å²) in [6, 6.07) is 24.0. The zero-order valence-electron chi connectivity index (χ0n) is 18.4. The van der Waals surface area contributed by atoms with Gasteiger partial charge in [0.1, 0.15) is 11.0 Å². The second-order valence-electron chi connectivity index (χ2n) is 6.69. The van der Waals surface area contributed by atoms with Crippen LogP contribution in [0.3, 0.4) is 0 Å². The van der Waals surface area contributed by atoms with Crippen LogP contribution >= 0.6 is 34.8 Å². The van der Waals surface area contributed by atoms with E-state index in [0.29, 0.717) is 5.15 Å². The second-order valence-corrected chi connectivity index (χ2v) is 7.75. The van der Waals surface area contributed by atoms with E-state index in [1.165, 1.54) is 17.3 Å². The Hall–Kier alpha value is -2.77. The van der Waals surface area contributed by atoms with Gasteiger partial charge in [-0.1, -0.05) is 72.3 Å². The molecule has 0 aliphatic carbocycles. The molecular formula is C24H25Cl3N6. The third kappa shape index (κ3) is 11.1. The molecule has 0 bridgehead atoms. The molecule has 0 amide bonds. The minimum atomic E-state index is 0.178. The van der Waals surface area contributed by atoms with Gasteiger partial charge in [0, 0.05) is 32.5 Å². The third-order valence-corrected chi connectivity index (χ3v) is 4.66. The number of aromatic nitrogens is 4. The largest absolute Gasteiger partial charge is 0.355 e. The third-order valence-electron chi connectivity index (χ3n) is 4.08. The molecule has 0 saturated carbocycles. The minimum absolute atomic E-state index is 0.178. The highest BCUT2D eigenvalue weighted by molar-refractivity contribution is 6.31. The Balaban J connectivity index is 0.000000192. The van der Waals surface area contributed by atoms with Gasteiger partial charge >= 0.3 is 0 Å². The predicted molar refractivity (Wildman–Crippen MR) is 137 cm³/mol. The predicted octanol–water partition coefficient (Wildman–Crippen LogP) is 5.96. The lowest BCUT2D eigenvalue weighted by molar-refractivity contribution is 0.818. The molecule has 0 spiro atoms. The molecule has 172 valence electrons. The van der Waals surface area contributed by atoms with E-state index in [1.807, 2.05) is 61.5 Å². The molecule has 0 unspecified atom stereocenters. The fourth-order valence-electron chi connectivity index (χ4n) is 2.59. The minimum Gasteiger partial charge on any atom is -0.355 e. The van der Waals surface area contributed by atoms with Crippen LogP contribution in [0.4, 0.5) is 5.82 Å². The van der Waals surface area contributed by atoms with Crippen LogP contribution in [0.5, 0.6) is 0 Å². The van der Waals surface area contributed by atoms with Crippen molar-refractivity contribution < 1.29 is 0 Å². The van der Waals surface area contributed by atoms with E-state index in [0.717, 1.165) is 18.9 Å². The maximum absolute atomic E-state index is 5.74. The van der Waals surface area contributed by atoms with Crippen molar-refractivity contribution in [3.05, 3.63) is 112 Å². The smallest absolute Gasteiger partial charge is 0.224 e. The molecule has 4 aromatic rings. The summed E-state index contributed by atoms with van der Waals surface area (Å²) in [7, 11) is 3.93. The van der Waals surface area contributed by atoms with E-state index in [-0.39, 0.29) is 10.6 Å². The number of nitrogens with one attached hydrogen (secondary N) is 1. The summed E-state index contributed by atoms with van der Waals surface area (Å²) in [5.41, 5.74) is 2.57. The van der Waals surface area contributed by atoms with Crippen LogP contribution in [0.25, 0.3) is 0 Å². The van der Waals surface area contributed by atoms with Crippen molar-refractivity contribution in [3.8, 4) is 0 Å². The Morgan fingerprint density at radius 2 is 1.27 bits per heavy atom. The van der Waals surface area contributed by atoms with E-state index >= 15 is 0 Å². The molecule has 0 fully saturated rings. The molecule has 2 heterocycles.